The van der Waals surface area contributed by atoms with E-state index in [1.54, 1.807) is 0 Å². The van der Waals surface area contributed by atoms with Crippen molar-refractivity contribution in [1.29, 1.82) is 0 Å². The van der Waals surface area contributed by atoms with Gasteiger partial charge in [-0.25, -0.2) is 4.39 Å². The Balaban J connectivity index is 3.71. The van der Waals surface area contributed by atoms with Crippen LogP contribution in [0.4, 0.5) is 4.39 Å². The molecule has 60 valence electrons. The number of hydrogen-bond donors (Lipinski definition) is 1. The topological polar surface area (TPSA) is 40.5 Å². The third-order valence-corrected chi connectivity index (χ3v) is 1.09. The number of halogens is 1. The fourth-order valence-corrected chi connectivity index (χ4v) is 0.517. The predicted molar refractivity (Wildman–Crippen MR) is 35.3 cm³/mol. The fraction of sp³-hybridized carbons (Fsp3) is 0.833. The number of aliphatic hydroxyl groups is 1. The Morgan fingerprint density at radius 2 is 2.20 bits per heavy atom. The van der Waals surface area contributed by atoms with Crippen LogP contribution in [0.3, 0.4) is 0 Å². The lowest BCUT2D eigenvalue weighted by Gasteiger charge is -2.12. The number of alkyl halides is 1. The zero-order valence-electron chi connectivity index (χ0n) is 6.17. The van der Waals surface area contributed by atoms with Gasteiger partial charge in [0.2, 0.25) is 0 Å². The van der Waals surface area contributed by atoms with E-state index in [0.717, 1.165) is 0 Å². The van der Waals surface area contributed by atoms with Crippen molar-refractivity contribution in [1.82, 2.24) is 4.90 Å². The molecule has 0 aromatic rings. The molecule has 0 bridgehead atoms. The van der Waals surface area contributed by atoms with Gasteiger partial charge in [0.05, 0.1) is 0 Å². The number of amides is 1. The highest BCUT2D eigenvalue weighted by molar-refractivity contribution is 5.80. The zero-order chi connectivity index (χ0) is 8.15. The first-order valence-electron chi connectivity index (χ1n) is 3.05. The van der Waals surface area contributed by atoms with Gasteiger partial charge in [0, 0.05) is 27.1 Å². The predicted octanol–water partition coefficient (Wildman–Crippen LogP) is -0.205. The normalized spacial score (nSPS) is 12.8. The molecule has 4 heteroatoms. The van der Waals surface area contributed by atoms with Crippen molar-refractivity contribution >= 4 is 5.91 Å². The van der Waals surface area contributed by atoms with E-state index in [9.17, 15) is 9.18 Å². The molecule has 0 spiro atoms. The molecule has 0 saturated heterocycles. The Kier molecular flexibility index (Phi) is 3.95. The maximum atomic E-state index is 12.5. The van der Waals surface area contributed by atoms with Crippen LogP contribution in [0.15, 0.2) is 0 Å². The van der Waals surface area contributed by atoms with Crippen LogP contribution in [-0.2, 0) is 4.79 Å². The van der Waals surface area contributed by atoms with Gasteiger partial charge in [-0.1, -0.05) is 0 Å². The van der Waals surface area contributed by atoms with E-state index in [4.69, 9.17) is 5.11 Å². The molecule has 0 radical (unpaired) electrons. The Bertz CT molecular complexity index is 116. The number of hydrogen-bond acceptors (Lipinski definition) is 2. The maximum Gasteiger partial charge on any atom is 0.256 e. The second-order valence-corrected chi connectivity index (χ2v) is 2.21. The minimum atomic E-state index is -1.56. The molecule has 1 N–H and O–H groups in total. The van der Waals surface area contributed by atoms with Gasteiger partial charge >= 0.3 is 0 Å². The Hall–Kier alpha value is -0.640. The van der Waals surface area contributed by atoms with Gasteiger partial charge in [0.1, 0.15) is 0 Å². The van der Waals surface area contributed by atoms with E-state index in [0.29, 0.717) is 0 Å². The van der Waals surface area contributed by atoms with Crippen LogP contribution in [0.5, 0.6) is 0 Å². The van der Waals surface area contributed by atoms with Crippen molar-refractivity contribution in [2.24, 2.45) is 0 Å². The average molecular weight is 149 g/mol. The first kappa shape index (κ1) is 9.36. The van der Waals surface area contributed by atoms with Crippen molar-refractivity contribution in [2.75, 3.05) is 20.7 Å². The van der Waals surface area contributed by atoms with Crippen LogP contribution in [0.25, 0.3) is 0 Å². The van der Waals surface area contributed by atoms with Gasteiger partial charge in [0.25, 0.3) is 5.91 Å². The Morgan fingerprint density at radius 1 is 1.70 bits per heavy atom. The summed E-state index contributed by atoms with van der Waals surface area (Å²) >= 11 is 0. The second-order valence-electron chi connectivity index (χ2n) is 2.21. The number of carbonyl (C=O) groups excluding carboxylic acids is 1. The molecule has 10 heavy (non-hydrogen) atoms. The zero-order valence-corrected chi connectivity index (χ0v) is 6.17. The smallest absolute Gasteiger partial charge is 0.256 e. The molecule has 0 aliphatic heterocycles. The minimum Gasteiger partial charge on any atom is -0.396 e. The van der Waals surface area contributed by atoms with Crippen LogP contribution in [0.1, 0.15) is 6.42 Å². The lowest BCUT2D eigenvalue weighted by Crippen LogP contribution is -2.31. The highest BCUT2D eigenvalue weighted by Crippen LogP contribution is 1.99. The summed E-state index contributed by atoms with van der Waals surface area (Å²) < 4.78 is 12.5. The van der Waals surface area contributed by atoms with Gasteiger partial charge in [0.15, 0.2) is 6.17 Å². The summed E-state index contributed by atoms with van der Waals surface area (Å²) in [5.41, 5.74) is 0. The summed E-state index contributed by atoms with van der Waals surface area (Å²) in [5, 5.41) is 8.26. The highest BCUT2D eigenvalue weighted by Gasteiger charge is 2.17. The average Bonchev–Trinajstić information content (AvgIpc) is 1.87. The Labute approximate surface area is 59.4 Å². The molecule has 1 amide bonds. The summed E-state index contributed by atoms with van der Waals surface area (Å²) in [7, 11) is 2.96. The second kappa shape index (κ2) is 4.22. The summed E-state index contributed by atoms with van der Waals surface area (Å²) in [6.45, 7) is -0.291. The van der Waals surface area contributed by atoms with Gasteiger partial charge in [-0.3, -0.25) is 4.79 Å². The Morgan fingerprint density at radius 3 is 2.50 bits per heavy atom. The van der Waals surface area contributed by atoms with Crippen molar-refractivity contribution in [3.63, 3.8) is 0 Å². The van der Waals surface area contributed by atoms with Gasteiger partial charge in [-0.05, 0) is 0 Å². The largest absolute Gasteiger partial charge is 0.396 e. The molecule has 0 rings (SSSR count). The molecule has 0 aliphatic rings. The van der Waals surface area contributed by atoms with Crippen molar-refractivity contribution in [3.8, 4) is 0 Å². The van der Waals surface area contributed by atoms with Crippen LogP contribution in [0, 0.1) is 0 Å². The fourth-order valence-electron chi connectivity index (χ4n) is 0.517. The third kappa shape index (κ3) is 2.77. The SMILES string of the molecule is CN(C)C(=O)[C@H](F)CCO. The lowest BCUT2D eigenvalue weighted by molar-refractivity contribution is -0.134. The van der Waals surface area contributed by atoms with E-state index in [-0.39, 0.29) is 13.0 Å². The van der Waals surface area contributed by atoms with Gasteiger partial charge in [-0.15, -0.1) is 0 Å². The van der Waals surface area contributed by atoms with Crippen LogP contribution >= 0.6 is 0 Å². The molecular formula is C6H12FNO2. The first-order valence-corrected chi connectivity index (χ1v) is 3.05. The standard InChI is InChI=1S/C6H12FNO2/c1-8(2)6(10)5(7)3-4-9/h5,9H,3-4H2,1-2H3/t5-/m1/s1. The van der Waals surface area contributed by atoms with Crippen molar-refractivity contribution in [3.05, 3.63) is 0 Å². The van der Waals surface area contributed by atoms with E-state index in [1.165, 1.54) is 19.0 Å². The number of carbonyl (C=O) groups is 1. The molecule has 0 fully saturated rings. The van der Waals surface area contributed by atoms with E-state index >= 15 is 0 Å². The molecule has 0 aliphatic carbocycles. The quantitative estimate of drug-likeness (QED) is 0.603. The van der Waals surface area contributed by atoms with Gasteiger partial charge in [-0.2, -0.15) is 0 Å². The van der Waals surface area contributed by atoms with E-state index in [2.05, 4.69) is 0 Å². The molecule has 1 atom stereocenters. The summed E-state index contributed by atoms with van der Waals surface area (Å²) in [6.07, 6.45) is -1.67. The first-order chi connectivity index (χ1) is 4.59. The van der Waals surface area contributed by atoms with Gasteiger partial charge < -0.3 is 10.0 Å². The molecule has 3 nitrogen and oxygen atoms in total. The number of nitrogens with zero attached hydrogens (tertiary/aromatic N) is 1. The van der Waals surface area contributed by atoms with Crippen LogP contribution in [0.2, 0.25) is 0 Å². The summed E-state index contributed by atoms with van der Waals surface area (Å²) in [4.78, 5) is 11.8. The van der Waals surface area contributed by atoms with E-state index in [1.807, 2.05) is 0 Å². The molecule has 0 heterocycles. The van der Waals surface area contributed by atoms with E-state index < -0.39 is 12.1 Å². The lowest BCUT2D eigenvalue weighted by atomic mass is 10.2. The monoisotopic (exact) mass is 149 g/mol. The molecule has 0 aromatic carbocycles. The highest BCUT2D eigenvalue weighted by atomic mass is 19.1. The molecule has 0 unspecified atom stereocenters. The number of aliphatic hydroxyl groups excluding tert-OH is 1. The van der Waals surface area contributed by atoms with Crippen molar-refractivity contribution in [2.45, 2.75) is 12.6 Å². The summed E-state index contributed by atoms with van der Waals surface area (Å²) in [5.74, 6) is -0.589. The molecule has 0 aromatic heterocycles. The molecule has 0 saturated carbocycles. The summed E-state index contributed by atoms with van der Waals surface area (Å²) in [6, 6.07) is 0. The third-order valence-electron chi connectivity index (χ3n) is 1.09. The maximum absolute atomic E-state index is 12.5. The van der Waals surface area contributed by atoms with Crippen LogP contribution < -0.4 is 0 Å². The number of rotatable bonds is 3. The van der Waals surface area contributed by atoms with Crippen molar-refractivity contribution < 1.29 is 14.3 Å². The van der Waals surface area contributed by atoms with Crippen LogP contribution in [-0.4, -0.2) is 42.8 Å². The molecular weight excluding hydrogens is 137 g/mol. The minimum absolute atomic E-state index is 0.114.